The maximum absolute atomic E-state index is 13.6. The standard InChI is InChI=1S/C11H10BrFN2O2/c12-7-1-2-8(9(13)5-7)11(17)15-4-3-14-10(16)6-15/h1-2,5H,3-4,6H2,(H,14,16). The fraction of sp³-hybridized carbons (Fsp3) is 0.273. The van der Waals surface area contributed by atoms with Gasteiger partial charge in [0, 0.05) is 17.6 Å². The van der Waals surface area contributed by atoms with Gasteiger partial charge in [0.2, 0.25) is 5.91 Å². The zero-order valence-corrected chi connectivity index (χ0v) is 10.5. The number of piperazine rings is 1. The van der Waals surface area contributed by atoms with Crippen molar-refractivity contribution in [2.75, 3.05) is 19.6 Å². The number of nitrogens with zero attached hydrogens (tertiary/aromatic N) is 1. The molecule has 0 radical (unpaired) electrons. The van der Waals surface area contributed by atoms with Crippen LogP contribution in [0, 0.1) is 5.82 Å². The third kappa shape index (κ3) is 2.63. The molecule has 0 bridgehead atoms. The lowest BCUT2D eigenvalue weighted by molar-refractivity contribution is -0.123. The first-order valence-corrected chi connectivity index (χ1v) is 5.88. The number of nitrogens with one attached hydrogen (secondary N) is 1. The molecule has 0 unspecified atom stereocenters. The summed E-state index contributed by atoms with van der Waals surface area (Å²) in [6.07, 6.45) is 0. The maximum atomic E-state index is 13.6. The van der Waals surface area contributed by atoms with E-state index >= 15 is 0 Å². The molecule has 1 aliphatic rings. The Morgan fingerprint density at radius 3 is 2.88 bits per heavy atom. The lowest BCUT2D eigenvalue weighted by atomic mass is 10.1. The number of carbonyl (C=O) groups excluding carboxylic acids is 2. The van der Waals surface area contributed by atoms with Crippen LogP contribution in [0.5, 0.6) is 0 Å². The summed E-state index contributed by atoms with van der Waals surface area (Å²) < 4.78 is 14.1. The first-order valence-electron chi connectivity index (χ1n) is 5.09. The predicted octanol–water partition coefficient (Wildman–Crippen LogP) is 1.16. The summed E-state index contributed by atoms with van der Waals surface area (Å²) >= 11 is 3.12. The molecule has 1 aliphatic heterocycles. The van der Waals surface area contributed by atoms with Crippen molar-refractivity contribution in [3.63, 3.8) is 0 Å². The number of hydrogen-bond donors (Lipinski definition) is 1. The van der Waals surface area contributed by atoms with Crippen molar-refractivity contribution in [3.05, 3.63) is 34.1 Å². The van der Waals surface area contributed by atoms with Gasteiger partial charge >= 0.3 is 0 Å². The third-order valence-electron chi connectivity index (χ3n) is 2.49. The second-order valence-electron chi connectivity index (χ2n) is 3.70. The van der Waals surface area contributed by atoms with E-state index in [1.54, 1.807) is 6.07 Å². The average Bonchev–Trinajstić information content (AvgIpc) is 2.28. The summed E-state index contributed by atoms with van der Waals surface area (Å²) in [6, 6.07) is 4.24. The molecule has 1 fully saturated rings. The van der Waals surface area contributed by atoms with Crippen LogP contribution in [0.25, 0.3) is 0 Å². The van der Waals surface area contributed by atoms with Crippen LogP contribution in [0.2, 0.25) is 0 Å². The highest BCUT2D eigenvalue weighted by molar-refractivity contribution is 9.10. The molecule has 1 N–H and O–H groups in total. The van der Waals surface area contributed by atoms with Crippen LogP contribution < -0.4 is 5.32 Å². The van der Waals surface area contributed by atoms with Gasteiger partial charge in [-0.2, -0.15) is 0 Å². The molecular weight excluding hydrogens is 291 g/mol. The van der Waals surface area contributed by atoms with Crippen LogP contribution in [0.3, 0.4) is 0 Å². The Kier molecular flexibility index (Phi) is 3.42. The Bertz CT molecular complexity index is 479. The van der Waals surface area contributed by atoms with Crippen LogP contribution in [-0.4, -0.2) is 36.3 Å². The van der Waals surface area contributed by atoms with E-state index in [2.05, 4.69) is 21.2 Å². The quantitative estimate of drug-likeness (QED) is 0.846. The van der Waals surface area contributed by atoms with E-state index < -0.39 is 11.7 Å². The first kappa shape index (κ1) is 12.0. The van der Waals surface area contributed by atoms with E-state index in [1.165, 1.54) is 17.0 Å². The van der Waals surface area contributed by atoms with Gasteiger partial charge in [-0.3, -0.25) is 9.59 Å². The van der Waals surface area contributed by atoms with Crippen molar-refractivity contribution >= 4 is 27.7 Å². The van der Waals surface area contributed by atoms with Gasteiger partial charge < -0.3 is 10.2 Å². The minimum absolute atomic E-state index is 0.0112. The molecule has 1 heterocycles. The maximum Gasteiger partial charge on any atom is 0.257 e. The Labute approximate surface area is 106 Å². The lowest BCUT2D eigenvalue weighted by Gasteiger charge is -2.26. The first-order chi connectivity index (χ1) is 8.08. The minimum atomic E-state index is -0.588. The fourth-order valence-electron chi connectivity index (χ4n) is 1.65. The molecule has 1 aromatic rings. The summed E-state index contributed by atoms with van der Waals surface area (Å²) in [5.74, 6) is -1.26. The van der Waals surface area contributed by atoms with Crippen LogP contribution in [0.15, 0.2) is 22.7 Å². The molecular formula is C11H10BrFN2O2. The minimum Gasteiger partial charge on any atom is -0.353 e. The van der Waals surface area contributed by atoms with Crippen LogP contribution in [0.4, 0.5) is 4.39 Å². The Balaban J connectivity index is 2.21. The SMILES string of the molecule is O=C1CN(C(=O)c2ccc(Br)cc2F)CCN1. The highest BCUT2D eigenvalue weighted by Crippen LogP contribution is 2.17. The van der Waals surface area contributed by atoms with Gasteiger partial charge in [0.1, 0.15) is 5.82 Å². The van der Waals surface area contributed by atoms with Crippen molar-refractivity contribution in [2.45, 2.75) is 0 Å². The normalized spacial score (nSPS) is 15.6. The second-order valence-corrected chi connectivity index (χ2v) is 4.62. The van der Waals surface area contributed by atoms with Gasteiger partial charge in [0.25, 0.3) is 5.91 Å². The van der Waals surface area contributed by atoms with E-state index in [9.17, 15) is 14.0 Å². The highest BCUT2D eigenvalue weighted by atomic mass is 79.9. The summed E-state index contributed by atoms with van der Waals surface area (Å²) in [6.45, 7) is 0.789. The Hall–Kier alpha value is -1.43. The molecule has 6 heteroatoms. The van der Waals surface area contributed by atoms with Crippen molar-refractivity contribution < 1.29 is 14.0 Å². The summed E-state index contributed by atoms with van der Waals surface area (Å²) in [5, 5.41) is 2.61. The average molecular weight is 301 g/mol. The summed E-state index contributed by atoms with van der Waals surface area (Å²) in [5.41, 5.74) is -0.0112. The number of benzene rings is 1. The Morgan fingerprint density at radius 2 is 2.24 bits per heavy atom. The highest BCUT2D eigenvalue weighted by Gasteiger charge is 2.24. The Morgan fingerprint density at radius 1 is 1.47 bits per heavy atom. The van der Waals surface area contributed by atoms with E-state index in [4.69, 9.17) is 0 Å². The number of carbonyl (C=O) groups is 2. The van der Waals surface area contributed by atoms with Gasteiger partial charge in [0.15, 0.2) is 0 Å². The van der Waals surface area contributed by atoms with E-state index in [0.29, 0.717) is 17.6 Å². The molecule has 90 valence electrons. The zero-order valence-electron chi connectivity index (χ0n) is 8.87. The number of amides is 2. The van der Waals surface area contributed by atoms with E-state index in [-0.39, 0.29) is 18.0 Å². The molecule has 2 rings (SSSR count). The molecule has 0 atom stereocenters. The van der Waals surface area contributed by atoms with E-state index in [0.717, 1.165) is 0 Å². The van der Waals surface area contributed by atoms with Gasteiger partial charge in [0.05, 0.1) is 12.1 Å². The summed E-state index contributed by atoms with van der Waals surface area (Å²) in [4.78, 5) is 24.4. The predicted molar refractivity (Wildman–Crippen MR) is 63.0 cm³/mol. The number of halogens is 2. The van der Waals surface area contributed by atoms with Gasteiger partial charge in [-0.15, -0.1) is 0 Å². The fourth-order valence-corrected chi connectivity index (χ4v) is 1.98. The molecule has 17 heavy (non-hydrogen) atoms. The van der Waals surface area contributed by atoms with Gasteiger partial charge in [-0.1, -0.05) is 15.9 Å². The molecule has 0 aliphatic carbocycles. The van der Waals surface area contributed by atoms with Crippen molar-refractivity contribution in [3.8, 4) is 0 Å². The smallest absolute Gasteiger partial charge is 0.257 e. The molecule has 2 amide bonds. The molecule has 0 saturated carbocycles. The second kappa shape index (κ2) is 4.83. The van der Waals surface area contributed by atoms with Crippen LogP contribution >= 0.6 is 15.9 Å². The van der Waals surface area contributed by atoms with Crippen LogP contribution in [0.1, 0.15) is 10.4 Å². The molecule has 4 nitrogen and oxygen atoms in total. The van der Waals surface area contributed by atoms with Crippen molar-refractivity contribution in [2.24, 2.45) is 0 Å². The molecule has 0 aromatic heterocycles. The van der Waals surface area contributed by atoms with Crippen LogP contribution in [-0.2, 0) is 4.79 Å². The van der Waals surface area contributed by atoms with Crippen molar-refractivity contribution in [1.82, 2.24) is 10.2 Å². The molecule has 0 spiro atoms. The number of hydrogen-bond acceptors (Lipinski definition) is 2. The van der Waals surface area contributed by atoms with E-state index in [1.807, 2.05) is 0 Å². The van der Waals surface area contributed by atoms with Gasteiger partial charge in [-0.05, 0) is 18.2 Å². The molecule has 1 saturated heterocycles. The zero-order chi connectivity index (χ0) is 12.4. The third-order valence-corrected chi connectivity index (χ3v) is 2.98. The monoisotopic (exact) mass is 300 g/mol. The van der Waals surface area contributed by atoms with Gasteiger partial charge in [-0.25, -0.2) is 4.39 Å². The summed E-state index contributed by atoms with van der Waals surface area (Å²) in [7, 11) is 0. The number of rotatable bonds is 1. The lowest BCUT2D eigenvalue weighted by Crippen LogP contribution is -2.50. The van der Waals surface area contributed by atoms with Crippen molar-refractivity contribution in [1.29, 1.82) is 0 Å². The molecule has 1 aromatic carbocycles. The largest absolute Gasteiger partial charge is 0.353 e. The topological polar surface area (TPSA) is 49.4 Å².